The number of aromatic nitrogens is 1. The molecule has 1 aliphatic heterocycles. The van der Waals surface area contributed by atoms with E-state index in [1.807, 2.05) is 19.1 Å². The monoisotopic (exact) mass is 379 g/mol. The van der Waals surface area contributed by atoms with Crippen molar-refractivity contribution >= 4 is 28.3 Å². The van der Waals surface area contributed by atoms with Gasteiger partial charge in [0.05, 0.1) is 12.2 Å². The average Bonchev–Trinajstić information content (AvgIpc) is 3.23. The number of benzene rings is 2. The number of halogens is 1. The van der Waals surface area contributed by atoms with Gasteiger partial charge in [0.2, 0.25) is 0 Å². The summed E-state index contributed by atoms with van der Waals surface area (Å²) in [6.07, 6.45) is 2.27. The highest BCUT2D eigenvalue weighted by Gasteiger charge is 2.17. The van der Waals surface area contributed by atoms with Crippen molar-refractivity contribution in [2.45, 2.75) is 19.8 Å². The van der Waals surface area contributed by atoms with E-state index in [0.29, 0.717) is 34.5 Å². The zero-order chi connectivity index (χ0) is 19.5. The Labute approximate surface area is 163 Å². The summed E-state index contributed by atoms with van der Waals surface area (Å²) in [6.45, 7) is 4.22. The predicted octanol–water partition coefficient (Wildman–Crippen LogP) is 4.63. The highest BCUT2D eigenvalue weighted by molar-refractivity contribution is 6.07. The number of ether oxygens (including phenoxy) is 1. The van der Waals surface area contributed by atoms with Crippen LogP contribution < -0.4 is 15.0 Å². The molecule has 0 spiro atoms. The molecule has 0 unspecified atom stereocenters. The SMILES string of the molecule is CCOc1ccccc1C(=O)Nc1cc(F)c2nc(N3CCCC3)ccc2c1. The van der Waals surface area contributed by atoms with Gasteiger partial charge in [0.25, 0.3) is 5.91 Å². The number of fused-ring (bicyclic) bond motifs is 1. The number of anilines is 2. The molecule has 5 nitrogen and oxygen atoms in total. The lowest BCUT2D eigenvalue weighted by Crippen LogP contribution is -2.18. The van der Waals surface area contributed by atoms with Gasteiger partial charge >= 0.3 is 0 Å². The van der Waals surface area contributed by atoms with Gasteiger partial charge in [-0.05, 0) is 56.2 Å². The minimum Gasteiger partial charge on any atom is -0.493 e. The second-order valence-electron chi connectivity index (χ2n) is 6.78. The fourth-order valence-electron chi connectivity index (χ4n) is 3.51. The highest BCUT2D eigenvalue weighted by atomic mass is 19.1. The van der Waals surface area contributed by atoms with Gasteiger partial charge < -0.3 is 15.0 Å². The molecule has 0 atom stereocenters. The number of amides is 1. The number of nitrogens with one attached hydrogen (secondary N) is 1. The Bertz CT molecular complexity index is 1020. The Hall–Kier alpha value is -3.15. The Kier molecular flexibility index (Phi) is 5.10. The van der Waals surface area contributed by atoms with Crippen molar-refractivity contribution in [2.75, 3.05) is 29.9 Å². The molecule has 1 N–H and O–H groups in total. The molecule has 0 saturated carbocycles. The van der Waals surface area contributed by atoms with E-state index in [1.54, 1.807) is 30.3 Å². The summed E-state index contributed by atoms with van der Waals surface area (Å²) in [5.41, 5.74) is 1.11. The number of hydrogen-bond acceptors (Lipinski definition) is 4. The first-order valence-electron chi connectivity index (χ1n) is 9.54. The van der Waals surface area contributed by atoms with Gasteiger partial charge in [0, 0.05) is 24.2 Å². The molecule has 2 heterocycles. The second kappa shape index (κ2) is 7.84. The van der Waals surface area contributed by atoms with E-state index >= 15 is 0 Å². The second-order valence-corrected chi connectivity index (χ2v) is 6.78. The summed E-state index contributed by atoms with van der Waals surface area (Å²) in [5.74, 6) is 0.503. The molecule has 1 aliphatic rings. The van der Waals surface area contributed by atoms with Crippen LogP contribution in [0, 0.1) is 5.82 Å². The molecule has 1 saturated heterocycles. The lowest BCUT2D eigenvalue weighted by Gasteiger charge is -2.17. The van der Waals surface area contributed by atoms with Crippen LogP contribution in [-0.4, -0.2) is 30.6 Å². The number of carbonyl (C=O) groups is 1. The highest BCUT2D eigenvalue weighted by Crippen LogP contribution is 2.27. The van der Waals surface area contributed by atoms with E-state index in [2.05, 4.69) is 15.2 Å². The zero-order valence-electron chi connectivity index (χ0n) is 15.7. The van der Waals surface area contributed by atoms with Crippen LogP contribution in [0.15, 0.2) is 48.5 Å². The zero-order valence-corrected chi connectivity index (χ0v) is 15.7. The average molecular weight is 379 g/mol. The summed E-state index contributed by atoms with van der Waals surface area (Å²) in [6, 6.07) is 13.8. The van der Waals surface area contributed by atoms with E-state index in [1.165, 1.54) is 6.07 Å². The molecule has 4 rings (SSSR count). The van der Waals surface area contributed by atoms with Gasteiger partial charge in [-0.25, -0.2) is 9.37 Å². The maximum absolute atomic E-state index is 14.7. The molecule has 2 aromatic carbocycles. The summed E-state index contributed by atoms with van der Waals surface area (Å²) in [7, 11) is 0. The van der Waals surface area contributed by atoms with Crippen LogP contribution in [0.4, 0.5) is 15.9 Å². The third-order valence-electron chi connectivity index (χ3n) is 4.85. The largest absolute Gasteiger partial charge is 0.493 e. The van der Waals surface area contributed by atoms with Crippen LogP contribution in [-0.2, 0) is 0 Å². The van der Waals surface area contributed by atoms with Crippen LogP contribution >= 0.6 is 0 Å². The normalized spacial score (nSPS) is 13.7. The fourth-order valence-corrected chi connectivity index (χ4v) is 3.51. The standard InChI is InChI=1S/C22H22FN3O2/c1-2-28-19-8-4-3-7-17(19)22(27)24-16-13-15-9-10-20(26-11-5-6-12-26)25-21(15)18(23)14-16/h3-4,7-10,13-14H,2,5-6,11-12H2,1H3,(H,24,27). The molecule has 1 amide bonds. The molecule has 0 aliphatic carbocycles. The first-order chi connectivity index (χ1) is 13.7. The van der Waals surface area contributed by atoms with E-state index in [-0.39, 0.29) is 5.91 Å². The molecule has 1 fully saturated rings. The van der Waals surface area contributed by atoms with E-state index in [4.69, 9.17) is 4.74 Å². The topological polar surface area (TPSA) is 54.5 Å². The van der Waals surface area contributed by atoms with Crippen LogP contribution in [0.2, 0.25) is 0 Å². The molecular formula is C22H22FN3O2. The van der Waals surface area contributed by atoms with Crippen LogP contribution in [0.25, 0.3) is 10.9 Å². The number of pyridine rings is 1. The van der Waals surface area contributed by atoms with Gasteiger partial charge in [-0.1, -0.05) is 12.1 Å². The molecule has 1 aromatic heterocycles. The van der Waals surface area contributed by atoms with Crippen LogP contribution in [0.3, 0.4) is 0 Å². The number of hydrogen-bond donors (Lipinski definition) is 1. The van der Waals surface area contributed by atoms with Crippen molar-refractivity contribution in [3.63, 3.8) is 0 Å². The molecule has 0 radical (unpaired) electrons. The number of para-hydroxylation sites is 1. The lowest BCUT2D eigenvalue weighted by molar-refractivity contribution is 0.102. The number of rotatable bonds is 5. The third-order valence-corrected chi connectivity index (χ3v) is 4.85. The predicted molar refractivity (Wildman–Crippen MR) is 109 cm³/mol. The Balaban J connectivity index is 1.61. The van der Waals surface area contributed by atoms with Gasteiger partial charge in [-0.2, -0.15) is 0 Å². The number of nitrogens with zero attached hydrogens (tertiary/aromatic N) is 2. The minimum absolute atomic E-state index is 0.317. The maximum atomic E-state index is 14.7. The van der Waals surface area contributed by atoms with Crippen LogP contribution in [0.1, 0.15) is 30.1 Å². The van der Waals surface area contributed by atoms with E-state index < -0.39 is 5.82 Å². The fraction of sp³-hybridized carbons (Fsp3) is 0.273. The van der Waals surface area contributed by atoms with Crippen molar-refractivity contribution in [2.24, 2.45) is 0 Å². The van der Waals surface area contributed by atoms with Gasteiger partial charge in [0.1, 0.15) is 17.1 Å². The Morgan fingerprint density at radius 3 is 2.75 bits per heavy atom. The summed E-state index contributed by atoms with van der Waals surface area (Å²) in [4.78, 5) is 19.3. The summed E-state index contributed by atoms with van der Waals surface area (Å²) in [5, 5.41) is 3.41. The van der Waals surface area contributed by atoms with Gasteiger partial charge in [-0.3, -0.25) is 4.79 Å². The first-order valence-corrected chi connectivity index (χ1v) is 9.54. The first kappa shape index (κ1) is 18.2. The minimum atomic E-state index is -0.452. The Morgan fingerprint density at radius 2 is 1.96 bits per heavy atom. The summed E-state index contributed by atoms with van der Waals surface area (Å²) >= 11 is 0. The van der Waals surface area contributed by atoms with Crippen molar-refractivity contribution in [3.05, 3.63) is 59.9 Å². The lowest BCUT2D eigenvalue weighted by atomic mass is 10.1. The molecular weight excluding hydrogens is 357 g/mol. The molecule has 28 heavy (non-hydrogen) atoms. The quantitative estimate of drug-likeness (QED) is 0.703. The summed E-state index contributed by atoms with van der Waals surface area (Å²) < 4.78 is 20.2. The van der Waals surface area contributed by atoms with Gasteiger partial charge in [0.15, 0.2) is 5.82 Å². The molecule has 144 valence electrons. The molecule has 3 aromatic rings. The van der Waals surface area contributed by atoms with E-state index in [9.17, 15) is 9.18 Å². The smallest absolute Gasteiger partial charge is 0.259 e. The van der Waals surface area contributed by atoms with Crippen molar-refractivity contribution in [3.8, 4) is 5.75 Å². The van der Waals surface area contributed by atoms with Crippen LogP contribution in [0.5, 0.6) is 5.75 Å². The molecule has 0 bridgehead atoms. The third kappa shape index (κ3) is 3.63. The van der Waals surface area contributed by atoms with Crippen molar-refractivity contribution < 1.29 is 13.9 Å². The van der Waals surface area contributed by atoms with Gasteiger partial charge in [-0.15, -0.1) is 0 Å². The number of carbonyl (C=O) groups excluding carboxylic acids is 1. The van der Waals surface area contributed by atoms with E-state index in [0.717, 1.165) is 31.7 Å². The maximum Gasteiger partial charge on any atom is 0.259 e. The van der Waals surface area contributed by atoms with Crippen molar-refractivity contribution in [1.82, 2.24) is 4.98 Å². The molecule has 6 heteroatoms. The van der Waals surface area contributed by atoms with Crippen molar-refractivity contribution in [1.29, 1.82) is 0 Å². The Morgan fingerprint density at radius 1 is 1.18 bits per heavy atom.